The summed E-state index contributed by atoms with van der Waals surface area (Å²) in [6.45, 7) is 6.82. The van der Waals surface area contributed by atoms with Crippen molar-refractivity contribution in [2.45, 2.75) is 6.18 Å². The molecule has 0 aliphatic rings. The molecule has 0 saturated carbocycles. The van der Waals surface area contributed by atoms with Gasteiger partial charge in [0.25, 0.3) is 0 Å². The third-order valence-corrected chi connectivity index (χ3v) is 4.44. The minimum absolute atomic E-state index is 0.0573. The molecule has 0 spiro atoms. The molecule has 0 aromatic carbocycles. The van der Waals surface area contributed by atoms with Crippen LogP contribution >= 0.6 is 22.6 Å². The van der Waals surface area contributed by atoms with E-state index in [2.05, 4.69) is 28.1 Å². The zero-order valence-corrected chi connectivity index (χ0v) is 17.3. The third-order valence-electron chi connectivity index (χ3n) is 4.13. The Morgan fingerprint density at radius 3 is 2.48 bits per heavy atom. The molecule has 0 amide bonds. The van der Waals surface area contributed by atoms with Crippen LogP contribution in [0, 0.1) is 0 Å². The minimum Gasteiger partial charge on any atom is -0.384 e. The van der Waals surface area contributed by atoms with Crippen molar-refractivity contribution in [1.82, 2.24) is 15.0 Å². The second-order valence-electron chi connectivity index (χ2n) is 6.19. The molecule has 148 valence electrons. The summed E-state index contributed by atoms with van der Waals surface area (Å²) in [4.78, 5) is 11.5. The number of aromatic amines is 1. The number of nitrogens with one attached hydrogen (secondary N) is 1. The maximum atomic E-state index is 13.1. The molecule has 0 atom stereocenters. The number of hydrogen-bond acceptors (Lipinski definition) is 3. The fraction of sp³-hybridized carbons (Fsp3) is 0.0476. The molecule has 8 heteroatoms. The fourth-order valence-corrected chi connectivity index (χ4v) is 2.98. The van der Waals surface area contributed by atoms with Crippen LogP contribution in [0.15, 0.2) is 76.8 Å². The molecular formula is C21H16F3IN4. The lowest BCUT2D eigenvalue weighted by atomic mass is 10.0. The normalized spacial score (nSPS) is 12.6. The molecule has 3 heterocycles. The summed E-state index contributed by atoms with van der Waals surface area (Å²) >= 11 is 1.86. The average Bonchev–Trinajstić information content (AvgIpc) is 3.06. The van der Waals surface area contributed by atoms with E-state index in [-0.39, 0.29) is 5.57 Å². The lowest BCUT2D eigenvalue weighted by Crippen LogP contribution is -2.12. The van der Waals surface area contributed by atoms with E-state index in [1.807, 2.05) is 34.7 Å². The molecule has 3 aromatic rings. The molecular weight excluding hydrogens is 492 g/mol. The van der Waals surface area contributed by atoms with Crippen molar-refractivity contribution in [2.24, 2.45) is 0 Å². The second kappa shape index (κ2) is 8.24. The highest BCUT2D eigenvalue weighted by molar-refractivity contribution is 14.1. The van der Waals surface area contributed by atoms with Gasteiger partial charge in [0.1, 0.15) is 11.5 Å². The summed E-state index contributed by atoms with van der Waals surface area (Å²) in [7, 11) is 0. The molecule has 4 nitrogen and oxygen atoms in total. The molecule has 0 unspecified atom stereocenters. The number of nitrogens with zero attached hydrogens (tertiary/aromatic N) is 2. The van der Waals surface area contributed by atoms with Gasteiger partial charge in [-0.1, -0.05) is 25.3 Å². The number of H-pyrrole nitrogens is 1. The summed E-state index contributed by atoms with van der Waals surface area (Å²) in [5.41, 5.74) is 7.59. The molecule has 3 N–H and O–H groups in total. The van der Waals surface area contributed by atoms with Gasteiger partial charge in [0, 0.05) is 44.2 Å². The predicted octanol–water partition coefficient (Wildman–Crippen LogP) is 6.21. The summed E-state index contributed by atoms with van der Waals surface area (Å²) in [5.74, 6) is 0.411. The van der Waals surface area contributed by atoms with Crippen molar-refractivity contribution < 1.29 is 13.2 Å². The third kappa shape index (κ3) is 4.94. The zero-order chi connectivity index (χ0) is 21.2. The Hall–Kier alpha value is -2.88. The van der Waals surface area contributed by atoms with E-state index in [1.54, 1.807) is 30.7 Å². The SMILES string of the molecule is C=C(I)/C=C(/C=C/c1c[nH]c2ncc(-c3ccc(N)nc3)cc12)C(=C)C(F)(F)F. The molecule has 0 fully saturated rings. The van der Waals surface area contributed by atoms with E-state index < -0.39 is 11.7 Å². The van der Waals surface area contributed by atoms with Gasteiger partial charge in [-0.05, 0) is 52.4 Å². The van der Waals surface area contributed by atoms with Gasteiger partial charge in [-0.2, -0.15) is 13.2 Å². The molecule has 29 heavy (non-hydrogen) atoms. The standard InChI is InChI=1S/C21H16F3IN4/c1-12(25)7-14(13(2)21(22,23)24)3-4-16-10-28-20-18(16)8-17(11-29-20)15-5-6-19(26)27-9-15/h3-11H,1-2H2,(H2,26,27)(H,28,29)/b4-3+,14-7-. The van der Waals surface area contributed by atoms with Crippen molar-refractivity contribution in [2.75, 3.05) is 5.73 Å². The maximum absolute atomic E-state index is 13.1. The smallest absolute Gasteiger partial charge is 0.384 e. The van der Waals surface area contributed by atoms with Crippen LogP contribution in [0.5, 0.6) is 0 Å². The molecule has 0 aliphatic carbocycles. The van der Waals surface area contributed by atoms with Crippen LogP contribution < -0.4 is 5.73 Å². The van der Waals surface area contributed by atoms with Crippen molar-refractivity contribution in [3.05, 3.63) is 82.4 Å². The van der Waals surface area contributed by atoms with Crippen molar-refractivity contribution in [1.29, 1.82) is 0 Å². The van der Waals surface area contributed by atoms with Gasteiger partial charge in [0.15, 0.2) is 0 Å². The Labute approximate surface area is 178 Å². The molecule has 0 aliphatic heterocycles. The first-order valence-corrected chi connectivity index (χ1v) is 9.42. The van der Waals surface area contributed by atoms with Gasteiger partial charge in [0.2, 0.25) is 0 Å². The summed E-state index contributed by atoms with van der Waals surface area (Å²) < 4.78 is 39.8. The first-order valence-electron chi connectivity index (χ1n) is 8.35. The van der Waals surface area contributed by atoms with E-state index >= 15 is 0 Å². The highest BCUT2D eigenvalue weighted by atomic mass is 127. The van der Waals surface area contributed by atoms with Crippen LogP contribution in [-0.4, -0.2) is 21.1 Å². The molecule has 0 bridgehead atoms. The number of nitrogen functional groups attached to an aromatic ring is 1. The van der Waals surface area contributed by atoms with Crippen LogP contribution in [-0.2, 0) is 0 Å². The van der Waals surface area contributed by atoms with Crippen molar-refractivity contribution in [3.63, 3.8) is 0 Å². The van der Waals surface area contributed by atoms with Crippen LogP contribution in [0.25, 0.3) is 28.2 Å². The number of nitrogens with two attached hydrogens (primary N) is 1. The van der Waals surface area contributed by atoms with E-state index in [0.29, 0.717) is 20.6 Å². The van der Waals surface area contributed by atoms with E-state index in [9.17, 15) is 13.2 Å². The summed E-state index contributed by atoms with van der Waals surface area (Å²) in [5, 5.41) is 0.765. The monoisotopic (exact) mass is 508 g/mol. The Morgan fingerprint density at radius 2 is 1.86 bits per heavy atom. The first-order chi connectivity index (χ1) is 13.6. The largest absolute Gasteiger partial charge is 0.416 e. The Kier molecular flexibility index (Phi) is 5.92. The minimum atomic E-state index is -4.53. The quantitative estimate of drug-likeness (QED) is 0.318. The number of alkyl halides is 3. The zero-order valence-electron chi connectivity index (χ0n) is 15.1. The van der Waals surface area contributed by atoms with Gasteiger partial charge in [-0.15, -0.1) is 0 Å². The van der Waals surface area contributed by atoms with Crippen molar-refractivity contribution in [3.8, 4) is 11.1 Å². The lowest BCUT2D eigenvalue weighted by Gasteiger charge is -2.11. The Morgan fingerprint density at radius 1 is 1.14 bits per heavy atom. The van der Waals surface area contributed by atoms with Crippen LogP contribution in [0.3, 0.4) is 0 Å². The van der Waals surface area contributed by atoms with E-state index in [0.717, 1.165) is 16.5 Å². The van der Waals surface area contributed by atoms with E-state index in [1.165, 1.54) is 12.2 Å². The van der Waals surface area contributed by atoms with Crippen LogP contribution in [0.1, 0.15) is 5.56 Å². The van der Waals surface area contributed by atoms with Crippen molar-refractivity contribution >= 4 is 45.5 Å². The highest BCUT2D eigenvalue weighted by Crippen LogP contribution is 2.32. The predicted molar refractivity (Wildman–Crippen MR) is 119 cm³/mol. The number of fused-ring (bicyclic) bond motifs is 1. The molecule has 3 rings (SSSR count). The highest BCUT2D eigenvalue weighted by Gasteiger charge is 2.33. The average molecular weight is 508 g/mol. The number of anilines is 1. The fourth-order valence-electron chi connectivity index (χ4n) is 2.64. The first kappa shape index (κ1) is 20.8. The number of aromatic nitrogens is 3. The number of pyridine rings is 2. The number of rotatable bonds is 5. The van der Waals surface area contributed by atoms with E-state index in [4.69, 9.17) is 5.73 Å². The Balaban J connectivity index is 2.00. The van der Waals surface area contributed by atoms with Gasteiger partial charge in [-0.25, -0.2) is 9.97 Å². The lowest BCUT2D eigenvalue weighted by molar-refractivity contribution is -0.0886. The van der Waals surface area contributed by atoms with Gasteiger partial charge in [0.05, 0.1) is 5.57 Å². The van der Waals surface area contributed by atoms with Crippen LogP contribution in [0.4, 0.5) is 19.0 Å². The molecule has 0 saturated heterocycles. The van der Waals surface area contributed by atoms with Gasteiger partial charge >= 0.3 is 6.18 Å². The summed E-state index contributed by atoms with van der Waals surface area (Å²) in [6.07, 6.45) is 4.79. The molecule has 0 radical (unpaired) electrons. The number of allylic oxidation sites excluding steroid dienone is 5. The molecule has 3 aromatic heterocycles. The maximum Gasteiger partial charge on any atom is 0.416 e. The summed E-state index contributed by atoms with van der Waals surface area (Å²) in [6, 6.07) is 5.41. The van der Waals surface area contributed by atoms with Crippen LogP contribution in [0.2, 0.25) is 0 Å². The number of hydrogen-bond donors (Lipinski definition) is 2. The number of halogens is 4. The Bertz CT molecular complexity index is 1140. The van der Waals surface area contributed by atoms with Gasteiger partial charge in [-0.3, -0.25) is 0 Å². The topological polar surface area (TPSA) is 67.6 Å². The van der Waals surface area contributed by atoms with Gasteiger partial charge < -0.3 is 10.7 Å². The second-order valence-corrected chi connectivity index (χ2v) is 7.58.